The van der Waals surface area contributed by atoms with Crippen molar-refractivity contribution in [2.75, 3.05) is 6.54 Å². The Balaban J connectivity index is 1.96. The fourth-order valence-electron chi connectivity index (χ4n) is 2.58. The van der Waals surface area contributed by atoms with Crippen molar-refractivity contribution in [3.63, 3.8) is 0 Å². The van der Waals surface area contributed by atoms with Crippen molar-refractivity contribution in [3.8, 4) is 11.3 Å². The number of nitrogens with two attached hydrogens (primary N) is 1. The number of benzene rings is 1. The Hall–Kier alpha value is -1.61. The van der Waals surface area contributed by atoms with Crippen molar-refractivity contribution in [2.24, 2.45) is 5.73 Å². The number of aryl methyl sites for hydroxylation is 2. The summed E-state index contributed by atoms with van der Waals surface area (Å²) in [5.41, 5.74) is 10.8. The number of nitrogens with zero attached hydrogens (tertiary/aromatic N) is 1. The Bertz CT molecular complexity index is 577. The Morgan fingerprint density at radius 3 is 2.47 bits per heavy atom. The van der Waals surface area contributed by atoms with E-state index in [9.17, 15) is 0 Å². The zero-order chi connectivity index (χ0) is 13.5. The average molecular weight is 255 g/mol. The summed E-state index contributed by atoms with van der Waals surface area (Å²) in [4.78, 5) is 8.24. The lowest BCUT2D eigenvalue weighted by Gasteiger charge is -2.07. The van der Waals surface area contributed by atoms with E-state index in [0.29, 0.717) is 6.54 Å². The van der Waals surface area contributed by atoms with Crippen molar-refractivity contribution in [1.29, 1.82) is 0 Å². The van der Waals surface area contributed by atoms with Crippen LogP contribution in [-0.4, -0.2) is 16.5 Å². The molecule has 100 valence electrons. The molecular formula is C16H21N3. The van der Waals surface area contributed by atoms with Gasteiger partial charge in [-0.15, -0.1) is 0 Å². The van der Waals surface area contributed by atoms with Crippen LogP contribution in [0.25, 0.3) is 11.3 Å². The summed E-state index contributed by atoms with van der Waals surface area (Å²) in [6, 6.07) is 8.68. The summed E-state index contributed by atoms with van der Waals surface area (Å²) >= 11 is 0. The zero-order valence-corrected chi connectivity index (χ0v) is 11.7. The zero-order valence-electron chi connectivity index (χ0n) is 11.7. The van der Waals surface area contributed by atoms with Crippen LogP contribution in [0.4, 0.5) is 0 Å². The van der Waals surface area contributed by atoms with Gasteiger partial charge in [0.1, 0.15) is 5.82 Å². The standard InChI is InChI=1S/C16H21N3/c1-3-12-4-6-13(7-5-12)14-11(2)18-15(19-14)16(10-17)8-9-16/h4-7H,3,8-10,17H2,1-2H3,(H,18,19). The molecule has 3 heteroatoms. The third-order valence-corrected chi connectivity index (χ3v) is 4.27. The van der Waals surface area contributed by atoms with E-state index in [4.69, 9.17) is 10.7 Å². The first-order valence-corrected chi connectivity index (χ1v) is 7.05. The number of H-pyrrole nitrogens is 1. The Labute approximate surface area is 114 Å². The summed E-state index contributed by atoms with van der Waals surface area (Å²) in [6.07, 6.45) is 3.39. The summed E-state index contributed by atoms with van der Waals surface area (Å²) < 4.78 is 0. The number of hydrogen-bond donors (Lipinski definition) is 2. The molecule has 1 aromatic carbocycles. The van der Waals surface area contributed by atoms with Crippen LogP contribution in [0.3, 0.4) is 0 Å². The first kappa shape index (κ1) is 12.4. The highest BCUT2D eigenvalue weighted by atomic mass is 15.0. The van der Waals surface area contributed by atoms with Crippen molar-refractivity contribution >= 4 is 0 Å². The second-order valence-electron chi connectivity index (χ2n) is 5.59. The van der Waals surface area contributed by atoms with Gasteiger partial charge in [0.25, 0.3) is 0 Å². The molecule has 3 rings (SSSR count). The van der Waals surface area contributed by atoms with Crippen LogP contribution in [0.2, 0.25) is 0 Å². The molecule has 1 aromatic heterocycles. The molecule has 2 aromatic rings. The Morgan fingerprint density at radius 2 is 1.95 bits per heavy atom. The van der Waals surface area contributed by atoms with Crippen molar-refractivity contribution in [1.82, 2.24) is 9.97 Å². The molecule has 1 aliphatic carbocycles. The maximum Gasteiger partial charge on any atom is 0.114 e. The number of nitrogens with one attached hydrogen (secondary N) is 1. The second-order valence-corrected chi connectivity index (χ2v) is 5.59. The number of aromatic nitrogens is 2. The average Bonchev–Trinajstić information content (AvgIpc) is 3.16. The molecule has 0 radical (unpaired) electrons. The van der Waals surface area contributed by atoms with E-state index >= 15 is 0 Å². The summed E-state index contributed by atoms with van der Waals surface area (Å²) in [6.45, 7) is 4.95. The highest BCUT2D eigenvalue weighted by Gasteiger charge is 2.45. The predicted octanol–water partition coefficient (Wildman–Crippen LogP) is 2.94. The van der Waals surface area contributed by atoms with Gasteiger partial charge >= 0.3 is 0 Å². The monoisotopic (exact) mass is 255 g/mol. The van der Waals surface area contributed by atoms with Gasteiger partial charge in [-0.05, 0) is 31.7 Å². The van der Waals surface area contributed by atoms with Gasteiger partial charge in [-0.1, -0.05) is 31.2 Å². The molecule has 1 aliphatic rings. The van der Waals surface area contributed by atoms with Crippen LogP contribution in [-0.2, 0) is 11.8 Å². The molecule has 1 saturated carbocycles. The topological polar surface area (TPSA) is 54.7 Å². The third kappa shape index (κ3) is 2.08. The van der Waals surface area contributed by atoms with Gasteiger partial charge in [0.15, 0.2) is 0 Å². The Morgan fingerprint density at radius 1 is 1.26 bits per heavy atom. The van der Waals surface area contributed by atoms with Crippen molar-refractivity contribution in [3.05, 3.63) is 41.3 Å². The predicted molar refractivity (Wildman–Crippen MR) is 78.1 cm³/mol. The molecule has 0 unspecified atom stereocenters. The molecule has 0 spiro atoms. The van der Waals surface area contributed by atoms with Crippen LogP contribution in [0, 0.1) is 6.92 Å². The van der Waals surface area contributed by atoms with E-state index in [0.717, 1.165) is 36.5 Å². The van der Waals surface area contributed by atoms with Crippen LogP contribution in [0.1, 0.15) is 36.8 Å². The fraction of sp³-hybridized carbons (Fsp3) is 0.438. The third-order valence-electron chi connectivity index (χ3n) is 4.27. The van der Waals surface area contributed by atoms with E-state index in [1.165, 1.54) is 11.1 Å². The van der Waals surface area contributed by atoms with E-state index in [2.05, 4.69) is 43.1 Å². The minimum absolute atomic E-state index is 0.131. The van der Waals surface area contributed by atoms with E-state index in [-0.39, 0.29) is 5.41 Å². The molecule has 0 aliphatic heterocycles. The summed E-state index contributed by atoms with van der Waals surface area (Å²) in [5.74, 6) is 1.07. The van der Waals surface area contributed by atoms with E-state index in [1.54, 1.807) is 0 Å². The number of aromatic amines is 1. The van der Waals surface area contributed by atoms with Gasteiger partial charge in [-0.3, -0.25) is 0 Å². The summed E-state index contributed by atoms with van der Waals surface area (Å²) in [5, 5.41) is 0. The minimum atomic E-state index is 0.131. The molecule has 19 heavy (non-hydrogen) atoms. The number of hydrogen-bond acceptors (Lipinski definition) is 2. The van der Waals surface area contributed by atoms with Crippen LogP contribution in [0.15, 0.2) is 24.3 Å². The van der Waals surface area contributed by atoms with Gasteiger partial charge in [-0.25, -0.2) is 4.98 Å². The van der Waals surface area contributed by atoms with Gasteiger partial charge in [0.2, 0.25) is 0 Å². The van der Waals surface area contributed by atoms with Gasteiger partial charge < -0.3 is 10.7 Å². The Kier molecular flexibility index (Phi) is 2.94. The maximum absolute atomic E-state index is 5.88. The first-order valence-electron chi connectivity index (χ1n) is 7.05. The minimum Gasteiger partial charge on any atom is -0.345 e. The quantitative estimate of drug-likeness (QED) is 0.882. The van der Waals surface area contributed by atoms with Crippen molar-refractivity contribution < 1.29 is 0 Å². The molecule has 0 bridgehead atoms. The molecule has 0 saturated heterocycles. The lowest BCUT2D eigenvalue weighted by atomic mass is 10.1. The molecule has 3 nitrogen and oxygen atoms in total. The largest absolute Gasteiger partial charge is 0.345 e. The van der Waals surface area contributed by atoms with Gasteiger partial charge in [0.05, 0.1) is 5.69 Å². The molecule has 0 atom stereocenters. The highest BCUT2D eigenvalue weighted by molar-refractivity contribution is 5.62. The lowest BCUT2D eigenvalue weighted by molar-refractivity contribution is 0.658. The van der Waals surface area contributed by atoms with Gasteiger partial charge in [0, 0.05) is 23.2 Å². The fourth-order valence-corrected chi connectivity index (χ4v) is 2.58. The smallest absolute Gasteiger partial charge is 0.114 e. The first-order chi connectivity index (χ1) is 9.18. The second kappa shape index (κ2) is 4.49. The van der Waals surface area contributed by atoms with E-state index < -0.39 is 0 Å². The van der Waals surface area contributed by atoms with E-state index in [1.807, 2.05) is 0 Å². The van der Waals surface area contributed by atoms with Crippen LogP contribution >= 0.6 is 0 Å². The normalized spacial score (nSPS) is 16.6. The maximum atomic E-state index is 5.88. The van der Waals surface area contributed by atoms with Crippen LogP contribution < -0.4 is 5.73 Å². The number of rotatable bonds is 4. The lowest BCUT2D eigenvalue weighted by Crippen LogP contribution is -2.21. The molecule has 3 N–H and O–H groups in total. The summed E-state index contributed by atoms with van der Waals surface area (Å²) in [7, 11) is 0. The SMILES string of the molecule is CCc1ccc(-c2nc(C3(CN)CC3)[nH]c2C)cc1. The van der Waals surface area contributed by atoms with Crippen molar-refractivity contribution in [2.45, 2.75) is 38.5 Å². The van der Waals surface area contributed by atoms with Crippen LogP contribution in [0.5, 0.6) is 0 Å². The van der Waals surface area contributed by atoms with Gasteiger partial charge in [-0.2, -0.15) is 0 Å². The molecule has 1 fully saturated rings. The molecule has 0 amide bonds. The highest BCUT2D eigenvalue weighted by Crippen LogP contribution is 2.46. The number of imidazole rings is 1. The molecule has 1 heterocycles. The molecular weight excluding hydrogens is 234 g/mol.